The van der Waals surface area contributed by atoms with Gasteiger partial charge in [-0.05, 0) is 42.7 Å². The highest BCUT2D eigenvalue weighted by Gasteiger charge is 2.28. The fourth-order valence-corrected chi connectivity index (χ4v) is 3.62. The number of aliphatic hydroxyl groups excluding tert-OH is 1. The second-order valence-corrected chi connectivity index (χ2v) is 8.18. The van der Waals surface area contributed by atoms with E-state index in [0.29, 0.717) is 43.8 Å². The molecule has 2 heterocycles. The van der Waals surface area contributed by atoms with Gasteiger partial charge >= 0.3 is 5.97 Å². The number of rotatable bonds is 13. The molecule has 1 aromatic carbocycles. The number of nitrogens with zero attached hydrogens (tertiary/aromatic N) is 2. The van der Waals surface area contributed by atoms with E-state index in [1.54, 1.807) is 30.3 Å². The predicted molar refractivity (Wildman–Crippen MR) is 133 cm³/mol. The Labute approximate surface area is 213 Å². The van der Waals surface area contributed by atoms with E-state index in [1.165, 1.54) is 19.2 Å². The Morgan fingerprint density at radius 2 is 1.97 bits per heavy atom. The summed E-state index contributed by atoms with van der Waals surface area (Å²) in [5, 5.41) is 25.5. The number of anilines is 1. The second-order valence-electron chi connectivity index (χ2n) is 8.18. The lowest BCUT2D eigenvalue weighted by molar-refractivity contribution is -0.385. The van der Waals surface area contributed by atoms with E-state index in [0.717, 1.165) is 11.8 Å². The van der Waals surface area contributed by atoms with Crippen LogP contribution in [0.25, 0.3) is 0 Å². The van der Waals surface area contributed by atoms with Gasteiger partial charge in [0.05, 0.1) is 24.2 Å². The van der Waals surface area contributed by atoms with Gasteiger partial charge in [-0.2, -0.15) is 0 Å². The van der Waals surface area contributed by atoms with Gasteiger partial charge in [0, 0.05) is 38.1 Å². The van der Waals surface area contributed by atoms with Gasteiger partial charge in [0.2, 0.25) is 6.29 Å². The van der Waals surface area contributed by atoms with Crippen molar-refractivity contribution in [1.29, 1.82) is 0 Å². The molecule has 0 bridgehead atoms. The minimum atomic E-state index is -0.655. The molecule has 0 fully saturated rings. The number of unbranched alkanes of at least 4 members (excludes halogenated alkanes) is 1. The summed E-state index contributed by atoms with van der Waals surface area (Å²) < 4.78 is 16.4. The number of benzene rings is 1. The van der Waals surface area contributed by atoms with Gasteiger partial charge in [-0.1, -0.05) is 12.1 Å². The summed E-state index contributed by atoms with van der Waals surface area (Å²) >= 11 is 0. The van der Waals surface area contributed by atoms with Crippen molar-refractivity contribution in [3.63, 3.8) is 0 Å². The average molecular weight is 515 g/mol. The maximum Gasteiger partial charge on any atom is 0.337 e. The molecule has 0 spiro atoms. The molecule has 1 amide bonds. The van der Waals surface area contributed by atoms with Crippen LogP contribution in [0.3, 0.4) is 0 Å². The van der Waals surface area contributed by atoms with Crippen molar-refractivity contribution in [1.82, 2.24) is 10.3 Å². The molecule has 3 N–H and O–H groups in total. The highest BCUT2D eigenvalue weighted by molar-refractivity contribution is 5.92. The lowest BCUT2D eigenvalue weighted by Crippen LogP contribution is -2.35. The normalized spacial score (nSPS) is 16.8. The first-order chi connectivity index (χ1) is 17.9. The lowest BCUT2D eigenvalue weighted by Gasteiger charge is -2.29. The summed E-state index contributed by atoms with van der Waals surface area (Å²) in [4.78, 5) is 38.7. The molecule has 1 aliphatic rings. The zero-order valence-electron chi connectivity index (χ0n) is 20.4. The van der Waals surface area contributed by atoms with Gasteiger partial charge in [-0.25, -0.2) is 9.78 Å². The molecule has 2 unspecified atom stereocenters. The number of amides is 1. The summed E-state index contributed by atoms with van der Waals surface area (Å²) in [6, 6.07) is 9.77. The third-order valence-electron chi connectivity index (χ3n) is 5.57. The smallest absolute Gasteiger partial charge is 0.337 e. The van der Waals surface area contributed by atoms with Gasteiger partial charge in [-0.15, -0.1) is 0 Å². The van der Waals surface area contributed by atoms with Crippen LogP contribution in [0, 0.1) is 10.1 Å². The number of ether oxygens (including phenoxy) is 3. The molecule has 2 atom stereocenters. The molecule has 1 aliphatic heterocycles. The Morgan fingerprint density at radius 1 is 1.19 bits per heavy atom. The molecule has 37 heavy (non-hydrogen) atoms. The highest BCUT2D eigenvalue weighted by Crippen LogP contribution is 2.32. The molecule has 198 valence electrons. The van der Waals surface area contributed by atoms with Crippen LogP contribution in [0.1, 0.15) is 41.1 Å². The first-order valence-electron chi connectivity index (χ1n) is 11.8. The molecule has 3 rings (SSSR count). The Morgan fingerprint density at radius 3 is 2.62 bits per heavy atom. The van der Waals surface area contributed by atoms with Crippen molar-refractivity contribution in [3.05, 3.63) is 75.7 Å². The fourth-order valence-electron chi connectivity index (χ4n) is 3.62. The Balaban J connectivity index is 1.61. The maximum atomic E-state index is 12.8. The van der Waals surface area contributed by atoms with Crippen LogP contribution >= 0.6 is 0 Å². The number of aromatic nitrogens is 1. The van der Waals surface area contributed by atoms with Crippen LogP contribution in [0.4, 0.5) is 11.5 Å². The molecule has 12 heteroatoms. The number of hydrogen-bond donors (Lipinski definition) is 3. The summed E-state index contributed by atoms with van der Waals surface area (Å²) in [5.74, 6) is -0.477. The van der Waals surface area contributed by atoms with Gasteiger partial charge in [-0.3, -0.25) is 14.9 Å². The Hall–Kier alpha value is -4.03. The van der Waals surface area contributed by atoms with E-state index >= 15 is 0 Å². The predicted octanol–water partition coefficient (Wildman–Crippen LogP) is 2.51. The van der Waals surface area contributed by atoms with Crippen molar-refractivity contribution in [2.75, 3.05) is 38.7 Å². The molecule has 2 aromatic rings. The maximum absolute atomic E-state index is 12.8. The van der Waals surface area contributed by atoms with Crippen molar-refractivity contribution in [2.45, 2.75) is 31.5 Å². The monoisotopic (exact) mass is 514 g/mol. The SMILES string of the molecule is COC(=O)c1ccc(C2C=C(C(=O)NCCNc3ccc([N+](=O)[O-])cn3)OC(OCCCCO)C2)cc1. The average Bonchev–Trinajstić information content (AvgIpc) is 2.93. The molecule has 0 aliphatic carbocycles. The highest BCUT2D eigenvalue weighted by atomic mass is 16.7. The van der Waals surface area contributed by atoms with E-state index in [2.05, 4.69) is 15.6 Å². The molecular weight excluding hydrogens is 484 g/mol. The number of pyridine rings is 1. The third-order valence-corrected chi connectivity index (χ3v) is 5.57. The van der Waals surface area contributed by atoms with E-state index in [1.807, 2.05) is 0 Å². The van der Waals surface area contributed by atoms with Crippen molar-refractivity contribution in [2.24, 2.45) is 0 Å². The van der Waals surface area contributed by atoms with E-state index in [4.69, 9.17) is 19.3 Å². The number of allylic oxidation sites excluding steroid dienone is 1. The van der Waals surface area contributed by atoms with E-state index < -0.39 is 23.1 Å². The molecule has 1 aromatic heterocycles. The number of methoxy groups -OCH3 is 1. The van der Waals surface area contributed by atoms with Gasteiger partial charge in [0.15, 0.2) is 5.76 Å². The second kappa shape index (κ2) is 13.9. The first kappa shape index (κ1) is 27.6. The largest absolute Gasteiger partial charge is 0.465 e. The van der Waals surface area contributed by atoms with Crippen molar-refractivity contribution < 1.29 is 33.8 Å². The van der Waals surface area contributed by atoms with Gasteiger partial charge < -0.3 is 30.0 Å². The zero-order valence-corrected chi connectivity index (χ0v) is 20.4. The number of hydrogen-bond acceptors (Lipinski definition) is 10. The topological polar surface area (TPSA) is 162 Å². The number of aliphatic hydroxyl groups is 1. The van der Waals surface area contributed by atoms with Crippen LogP contribution in [0.15, 0.2) is 54.4 Å². The zero-order chi connectivity index (χ0) is 26.6. The fraction of sp³-hybridized carbons (Fsp3) is 0.400. The lowest BCUT2D eigenvalue weighted by atomic mass is 9.92. The van der Waals surface area contributed by atoms with Crippen LogP contribution in [0.2, 0.25) is 0 Å². The number of nitrogens with one attached hydrogen (secondary N) is 2. The third kappa shape index (κ3) is 8.26. The number of nitro groups is 1. The van der Waals surface area contributed by atoms with Crippen molar-refractivity contribution in [3.8, 4) is 0 Å². The standard InChI is InChI=1S/C25H30N4O8/c1-35-25(32)18-6-4-17(5-7-18)19-14-21(37-23(15-19)36-13-3-2-12-30)24(31)27-11-10-26-22-9-8-20(16-28-22)29(33)34/h4-9,14,16,19,23,30H,2-3,10-13,15H2,1H3,(H,26,28)(H,27,31). The van der Waals surface area contributed by atoms with Crippen LogP contribution in [-0.4, -0.2) is 66.6 Å². The van der Waals surface area contributed by atoms with Crippen LogP contribution < -0.4 is 10.6 Å². The number of carbonyl (C=O) groups excluding carboxylic acids is 2. The van der Waals surface area contributed by atoms with Crippen molar-refractivity contribution >= 4 is 23.4 Å². The summed E-state index contributed by atoms with van der Waals surface area (Å²) in [6.45, 7) is 1.03. The molecule has 0 saturated carbocycles. The quantitative estimate of drug-likeness (QED) is 0.157. The Kier molecular flexibility index (Phi) is 10.4. The minimum absolute atomic E-state index is 0.0705. The molecule has 12 nitrogen and oxygen atoms in total. The van der Waals surface area contributed by atoms with Crippen LogP contribution in [-0.2, 0) is 19.0 Å². The number of esters is 1. The summed E-state index contributed by atoms with van der Waals surface area (Å²) in [6.07, 6.45) is 3.95. The summed E-state index contributed by atoms with van der Waals surface area (Å²) in [7, 11) is 1.32. The van der Waals surface area contributed by atoms with E-state index in [9.17, 15) is 19.7 Å². The molecule has 0 radical (unpaired) electrons. The first-order valence-corrected chi connectivity index (χ1v) is 11.8. The number of carbonyl (C=O) groups is 2. The van der Waals surface area contributed by atoms with Crippen LogP contribution in [0.5, 0.6) is 0 Å². The summed E-state index contributed by atoms with van der Waals surface area (Å²) in [5.41, 5.74) is 1.20. The van der Waals surface area contributed by atoms with Gasteiger partial charge in [0.1, 0.15) is 12.0 Å². The Bertz CT molecular complexity index is 1090. The van der Waals surface area contributed by atoms with E-state index in [-0.39, 0.29) is 30.5 Å². The van der Waals surface area contributed by atoms with Gasteiger partial charge in [0.25, 0.3) is 11.6 Å². The minimum Gasteiger partial charge on any atom is -0.465 e. The molecule has 0 saturated heterocycles. The molecular formula is C25H30N4O8.